The van der Waals surface area contributed by atoms with Crippen molar-refractivity contribution in [2.24, 2.45) is 5.92 Å². The van der Waals surface area contributed by atoms with E-state index < -0.39 is 0 Å². The summed E-state index contributed by atoms with van der Waals surface area (Å²) in [6.45, 7) is 9.44. The van der Waals surface area contributed by atoms with Gasteiger partial charge in [-0.05, 0) is 43.1 Å². The second-order valence-electron chi connectivity index (χ2n) is 5.07. The average Bonchev–Trinajstić information content (AvgIpc) is 2.30. The highest BCUT2D eigenvalue weighted by Gasteiger charge is 2.05. The van der Waals surface area contributed by atoms with Crippen LogP contribution < -0.4 is 10.6 Å². The van der Waals surface area contributed by atoms with Gasteiger partial charge in [0.15, 0.2) is 0 Å². The summed E-state index contributed by atoms with van der Waals surface area (Å²) in [7, 11) is 0. The van der Waals surface area contributed by atoms with E-state index >= 15 is 0 Å². The molecule has 1 unspecified atom stereocenters. The van der Waals surface area contributed by atoms with Crippen LogP contribution in [0.4, 0.5) is 0 Å². The van der Waals surface area contributed by atoms with Crippen molar-refractivity contribution in [3.8, 4) is 0 Å². The minimum absolute atomic E-state index is 0.429. The molecule has 4 heteroatoms. The molecule has 18 heavy (non-hydrogen) atoms. The smallest absolute Gasteiger partial charge is 0.0451 e. The van der Waals surface area contributed by atoms with Crippen LogP contribution in [-0.4, -0.2) is 19.1 Å². The van der Waals surface area contributed by atoms with Crippen molar-refractivity contribution < 1.29 is 0 Å². The monoisotopic (exact) mass is 332 g/mol. The number of rotatable bonds is 7. The van der Waals surface area contributed by atoms with E-state index in [-0.39, 0.29) is 0 Å². The van der Waals surface area contributed by atoms with E-state index in [0.29, 0.717) is 12.0 Å². The molecule has 0 radical (unpaired) electrons. The van der Waals surface area contributed by atoms with E-state index in [2.05, 4.69) is 53.4 Å². The van der Waals surface area contributed by atoms with Crippen LogP contribution in [0, 0.1) is 5.92 Å². The number of hydrogen-bond donors (Lipinski definition) is 2. The van der Waals surface area contributed by atoms with Crippen LogP contribution in [0.25, 0.3) is 0 Å². The summed E-state index contributed by atoms with van der Waals surface area (Å²) in [6.07, 6.45) is 0. The summed E-state index contributed by atoms with van der Waals surface area (Å²) < 4.78 is 1.06. The second-order valence-corrected chi connectivity index (χ2v) is 6.39. The molecule has 1 aromatic rings. The standard InChI is InChI=1S/C14H22BrClN2/c1-10(2)7-17-8-11(3)18-9-12-6-13(15)4-5-14(12)16/h4-6,10-11,17-18H,7-9H2,1-3H3. The molecule has 1 atom stereocenters. The molecule has 0 saturated heterocycles. The van der Waals surface area contributed by atoms with Crippen molar-refractivity contribution in [3.05, 3.63) is 33.3 Å². The molecule has 1 rings (SSSR count). The highest BCUT2D eigenvalue weighted by atomic mass is 79.9. The van der Waals surface area contributed by atoms with Gasteiger partial charge in [0.25, 0.3) is 0 Å². The van der Waals surface area contributed by atoms with Crippen LogP contribution in [0.1, 0.15) is 26.3 Å². The molecule has 0 saturated carbocycles. The van der Waals surface area contributed by atoms with E-state index in [4.69, 9.17) is 11.6 Å². The third kappa shape index (κ3) is 6.19. The van der Waals surface area contributed by atoms with Crippen molar-refractivity contribution in [1.82, 2.24) is 10.6 Å². The number of halogens is 2. The van der Waals surface area contributed by atoms with Gasteiger partial charge in [-0.1, -0.05) is 41.4 Å². The molecule has 0 heterocycles. The van der Waals surface area contributed by atoms with E-state index in [1.165, 1.54) is 0 Å². The second kappa shape index (κ2) is 8.16. The van der Waals surface area contributed by atoms with Crippen LogP contribution in [0.15, 0.2) is 22.7 Å². The first-order valence-electron chi connectivity index (χ1n) is 6.37. The summed E-state index contributed by atoms with van der Waals surface area (Å²) in [5, 5.41) is 7.73. The summed E-state index contributed by atoms with van der Waals surface area (Å²) in [6, 6.07) is 6.37. The molecule has 0 aromatic heterocycles. The molecule has 0 amide bonds. The fraction of sp³-hybridized carbons (Fsp3) is 0.571. The molecule has 2 N–H and O–H groups in total. The van der Waals surface area contributed by atoms with Crippen molar-refractivity contribution in [2.45, 2.75) is 33.4 Å². The van der Waals surface area contributed by atoms with E-state index in [0.717, 1.165) is 34.7 Å². The molecule has 0 aliphatic heterocycles. The highest BCUT2D eigenvalue weighted by Crippen LogP contribution is 2.20. The van der Waals surface area contributed by atoms with E-state index in [1.807, 2.05) is 12.1 Å². The Labute approximate surface area is 124 Å². The van der Waals surface area contributed by atoms with E-state index in [1.54, 1.807) is 0 Å². The Kier molecular flexibility index (Phi) is 7.23. The van der Waals surface area contributed by atoms with Crippen LogP contribution in [-0.2, 0) is 6.54 Å². The first-order chi connectivity index (χ1) is 8.49. The van der Waals surface area contributed by atoms with Gasteiger partial charge in [-0.15, -0.1) is 0 Å². The lowest BCUT2D eigenvalue weighted by Gasteiger charge is -2.16. The van der Waals surface area contributed by atoms with Gasteiger partial charge < -0.3 is 10.6 Å². The SMILES string of the molecule is CC(C)CNCC(C)NCc1cc(Br)ccc1Cl. The Balaban J connectivity index is 2.33. The third-order valence-electron chi connectivity index (χ3n) is 2.65. The van der Waals surface area contributed by atoms with Gasteiger partial charge in [-0.2, -0.15) is 0 Å². The lowest BCUT2D eigenvalue weighted by atomic mass is 10.2. The van der Waals surface area contributed by atoms with Crippen molar-refractivity contribution in [1.29, 1.82) is 0 Å². The quantitative estimate of drug-likeness (QED) is 0.792. The lowest BCUT2D eigenvalue weighted by Crippen LogP contribution is -2.37. The Morgan fingerprint density at radius 3 is 2.61 bits per heavy atom. The Morgan fingerprint density at radius 2 is 1.94 bits per heavy atom. The first-order valence-corrected chi connectivity index (χ1v) is 7.54. The minimum atomic E-state index is 0.429. The zero-order chi connectivity index (χ0) is 13.5. The summed E-state index contributed by atoms with van der Waals surface area (Å²) in [4.78, 5) is 0. The molecule has 1 aromatic carbocycles. The predicted molar refractivity (Wildman–Crippen MR) is 83.2 cm³/mol. The van der Waals surface area contributed by atoms with Gasteiger partial charge in [0, 0.05) is 28.6 Å². The maximum absolute atomic E-state index is 6.15. The lowest BCUT2D eigenvalue weighted by molar-refractivity contribution is 0.472. The molecular weight excluding hydrogens is 312 g/mol. The van der Waals surface area contributed by atoms with Crippen molar-refractivity contribution in [2.75, 3.05) is 13.1 Å². The van der Waals surface area contributed by atoms with Gasteiger partial charge in [0.1, 0.15) is 0 Å². The van der Waals surface area contributed by atoms with Crippen LogP contribution in [0.2, 0.25) is 5.02 Å². The van der Waals surface area contributed by atoms with Crippen molar-refractivity contribution in [3.63, 3.8) is 0 Å². The molecular formula is C14H22BrClN2. The zero-order valence-corrected chi connectivity index (χ0v) is 13.6. The van der Waals surface area contributed by atoms with Gasteiger partial charge >= 0.3 is 0 Å². The van der Waals surface area contributed by atoms with Crippen LogP contribution >= 0.6 is 27.5 Å². The molecule has 2 nitrogen and oxygen atoms in total. The zero-order valence-electron chi connectivity index (χ0n) is 11.3. The van der Waals surface area contributed by atoms with Crippen molar-refractivity contribution >= 4 is 27.5 Å². The fourth-order valence-electron chi connectivity index (χ4n) is 1.62. The topological polar surface area (TPSA) is 24.1 Å². The van der Waals surface area contributed by atoms with Crippen LogP contribution in [0.3, 0.4) is 0 Å². The molecule has 102 valence electrons. The maximum Gasteiger partial charge on any atom is 0.0451 e. The number of nitrogens with one attached hydrogen (secondary N) is 2. The van der Waals surface area contributed by atoms with Gasteiger partial charge in [0.05, 0.1) is 0 Å². The first kappa shape index (κ1) is 16.0. The largest absolute Gasteiger partial charge is 0.315 e. The summed E-state index contributed by atoms with van der Waals surface area (Å²) in [5.41, 5.74) is 1.13. The summed E-state index contributed by atoms with van der Waals surface area (Å²) in [5.74, 6) is 0.691. The minimum Gasteiger partial charge on any atom is -0.315 e. The average molecular weight is 334 g/mol. The number of hydrogen-bond acceptors (Lipinski definition) is 2. The molecule has 0 aliphatic carbocycles. The van der Waals surface area contributed by atoms with Crippen LogP contribution in [0.5, 0.6) is 0 Å². The normalized spacial score (nSPS) is 13.0. The predicted octanol–water partition coefficient (Wildman–Crippen LogP) is 3.83. The Hall–Kier alpha value is -0.0900. The summed E-state index contributed by atoms with van der Waals surface area (Å²) >= 11 is 9.61. The fourth-order valence-corrected chi connectivity index (χ4v) is 2.22. The molecule has 0 aliphatic rings. The molecule has 0 bridgehead atoms. The van der Waals surface area contributed by atoms with E-state index in [9.17, 15) is 0 Å². The highest BCUT2D eigenvalue weighted by molar-refractivity contribution is 9.10. The van der Waals surface area contributed by atoms with Gasteiger partial charge in [-0.3, -0.25) is 0 Å². The van der Waals surface area contributed by atoms with Gasteiger partial charge in [-0.25, -0.2) is 0 Å². The molecule has 0 spiro atoms. The van der Waals surface area contributed by atoms with Gasteiger partial charge in [0.2, 0.25) is 0 Å². The Bertz CT molecular complexity index is 369. The number of benzene rings is 1. The third-order valence-corrected chi connectivity index (χ3v) is 3.51. The maximum atomic E-state index is 6.15. The molecule has 0 fully saturated rings. The Morgan fingerprint density at radius 1 is 1.22 bits per heavy atom.